The van der Waals surface area contributed by atoms with Gasteiger partial charge >= 0.3 is 0 Å². The van der Waals surface area contributed by atoms with Crippen LogP contribution >= 0.6 is 0 Å². The minimum Gasteiger partial charge on any atom is -0.300 e. The Labute approximate surface area is 86.2 Å². The molecule has 1 atom stereocenters. The number of hydrogen-bond acceptors (Lipinski definition) is 3. The van der Waals surface area contributed by atoms with E-state index in [1.165, 1.54) is 0 Å². The first-order valence-corrected chi connectivity index (χ1v) is 5.42. The molecule has 1 unspecified atom stereocenters. The third-order valence-corrected chi connectivity index (χ3v) is 2.31. The van der Waals surface area contributed by atoms with Crippen molar-refractivity contribution in [1.29, 1.82) is 0 Å². The molecule has 0 saturated heterocycles. The molecule has 1 aliphatic carbocycles. The molecule has 0 bridgehead atoms. The molecule has 0 aliphatic heterocycles. The Balaban J connectivity index is 2.27. The van der Waals surface area contributed by atoms with E-state index in [9.17, 15) is 4.79 Å². The minimum atomic E-state index is -0.156. The standard InChI is InChI=1S/C11H21NO2/c1-11(2,3)14-12-9-5-4-6-10(13)8-7-9/h9,12H,4-8H2,1-3H3. The molecular weight excluding hydrogens is 178 g/mol. The van der Waals surface area contributed by atoms with Crippen molar-refractivity contribution < 1.29 is 9.63 Å². The Morgan fingerprint density at radius 1 is 1.29 bits per heavy atom. The number of ketones is 1. The molecule has 1 saturated carbocycles. The summed E-state index contributed by atoms with van der Waals surface area (Å²) in [6.45, 7) is 6.05. The molecule has 0 spiro atoms. The number of carbonyl (C=O) groups excluding carboxylic acids is 1. The summed E-state index contributed by atoms with van der Waals surface area (Å²) in [5.41, 5.74) is 2.91. The van der Waals surface area contributed by atoms with Crippen LogP contribution in [0.15, 0.2) is 0 Å². The van der Waals surface area contributed by atoms with E-state index in [1.54, 1.807) is 0 Å². The van der Waals surface area contributed by atoms with Gasteiger partial charge < -0.3 is 0 Å². The summed E-state index contributed by atoms with van der Waals surface area (Å²) >= 11 is 0. The molecule has 0 aromatic carbocycles. The van der Waals surface area contributed by atoms with Gasteiger partial charge in [0.2, 0.25) is 0 Å². The molecule has 82 valence electrons. The van der Waals surface area contributed by atoms with Crippen molar-refractivity contribution in [3.05, 3.63) is 0 Å². The van der Waals surface area contributed by atoms with Crippen molar-refractivity contribution in [2.24, 2.45) is 0 Å². The van der Waals surface area contributed by atoms with Gasteiger partial charge in [-0.1, -0.05) is 0 Å². The van der Waals surface area contributed by atoms with Crippen molar-refractivity contribution in [1.82, 2.24) is 5.48 Å². The van der Waals surface area contributed by atoms with E-state index >= 15 is 0 Å². The Bertz CT molecular complexity index is 196. The monoisotopic (exact) mass is 199 g/mol. The summed E-state index contributed by atoms with van der Waals surface area (Å²) in [6.07, 6.45) is 4.39. The summed E-state index contributed by atoms with van der Waals surface area (Å²) in [6, 6.07) is 0.348. The molecule has 1 aliphatic rings. The molecule has 1 fully saturated rings. The maximum absolute atomic E-state index is 11.2. The van der Waals surface area contributed by atoms with Crippen LogP contribution in [0.4, 0.5) is 0 Å². The van der Waals surface area contributed by atoms with Gasteiger partial charge in [0, 0.05) is 18.9 Å². The topological polar surface area (TPSA) is 38.3 Å². The lowest BCUT2D eigenvalue weighted by Crippen LogP contribution is -2.36. The summed E-state index contributed by atoms with van der Waals surface area (Å²) < 4.78 is 0. The zero-order valence-corrected chi connectivity index (χ0v) is 9.43. The summed E-state index contributed by atoms with van der Waals surface area (Å²) in [4.78, 5) is 16.7. The first kappa shape index (κ1) is 11.7. The van der Waals surface area contributed by atoms with Gasteiger partial charge in [0.25, 0.3) is 0 Å². The lowest BCUT2D eigenvalue weighted by atomic mass is 10.1. The van der Waals surface area contributed by atoms with E-state index in [0.29, 0.717) is 18.2 Å². The largest absolute Gasteiger partial charge is 0.300 e. The van der Waals surface area contributed by atoms with Crippen LogP contribution in [0.5, 0.6) is 0 Å². The number of nitrogens with one attached hydrogen (secondary N) is 1. The maximum Gasteiger partial charge on any atom is 0.132 e. The maximum atomic E-state index is 11.2. The van der Waals surface area contributed by atoms with Crippen LogP contribution in [0.25, 0.3) is 0 Å². The molecule has 3 nitrogen and oxygen atoms in total. The fourth-order valence-corrected chi connectivity index (χ4v) is 1.53. The SMILES string of the molecule is CC(C)(C)ONC1CCCC(=O)CC1. The molecule has 3 heteroatoms. The van der Waals surface area contributed by atoms with Crippen molar-refractivity contribution in [3.8, 4) is 0 Å². The number of rotatable bonds is 2. The van der Waals surface area contributed by atoms with Gasteiger partial charge in [0.15, 0.2) is 0 Å². The number of hydrogen-bond donors (Lipinski definition) is 1. The summed E-state index contributed by atoms with van der Waals surface area (Å²) in [5.74, 6) is 0.394. The van der Waals surface area contributed by atoms with Gasteiger partial charge in [-0.15, -0.1) is 0 Å². The molecule has 0 aromatic rings. The number of hydroxylamine groups is 1. The van der Waals surface area contributed by atoms with Crippen LogP contribution < -0.4 is 5.48 Å². The normalized spacial score (nSPS) is 24.8. The Morgan fingerprint density at radius 3 is 2.64 bits per heavy atom. The Hall–Kier alpha value is -0.410. The third kappa shape index (κ3) is 4.72. The van der Waals surface area contributed by atoms with Gasteiger partial charge in [-0.05, 0) is 40.0 Å². The Morgan fingerprint density at radius 2 is 2.00 bits per heavy atom. The second-order valence-electron chi connectivity index (χ2n) is 5.00. The molecule has 14 heavy (non-hydrogen) atoms. The van der Waals surface area contributed by atoms with E-state index in [0.717, 1.165) is 25.7 Å². The lowest BCUT2D eigenvalue weighted by molar-refractivity contribution is -0.119. The highest BCUT2D eigenvalue weighted by molar-refractivity contribution is 5.78. The van der Waals surface area contributed by atoms with Crippen molar-refractivity contribution in [2.45, 2.75) is 64.5 Å². The zero-order valence-electron chi connectivity index (χ0n) is 9.43. The van der Waals surface area contributed by atoms with Crippen LogP contribution in [-0.2, 0) is 9.63 Å². The van der Waals surface area contributed by atoms with E-state index in [1.807, 2.05) is 20.8 Å². The number of Topliss-reactive ketones (excluding diaryl/α,β-unsaturated/α-hetero) is 1. The average Bonchev–Trinajstić information content (AvgIpc) is 2.25. The van der Waals surface area contributed by atoms with Gasteiger partial charge in [0.1, 0.15) is 5.78 Å². The first-order valence-electron chi connectivity index (χ1n) is 5.42. The van der Waals surface area contributed by atoms with E-state index in [-0.39, 0.29) is 5.60 Å². The fraction of sp³-hybridized carbons (Fsp3) is 0.909. The molecule has 0 radical (unpaired) electrons. The molecular formula is C11H21NO2. The van der Waals surface area contributed by atoms with E-state index in [2.05, 4.69) is 5.48 Å². The highest BCUT2D eigenvalue weighted by Gasteiger charge is 2.19. The third-order valence-electron chi connectivity index (χ3n) is 2.31. The molecule has 0 heterocycles. The molecule has 1 rings (SSSR count). The van der Waals surface area contributed by atoms with Crippen LogP contribution in [0.1, 0.15) is 52.9 Å². The van der Waals surface area contributed by atoms with Gasteiger partial charge in [0.05, 0.1) is 5.60 Å². The minimum absolute atomic E-state index is 0.156. The fourth-order valence-electron chi connectivity index (χ4n) is 1.53. The smallest absolute Gasteiger partial charge is 0.132 e. The highest BCUT2D eigenvalue weighted by Crippen LogP contribution is 2.16. The number of carbonyl (C=O) groups is 1. The highest BCUT2D eigenvalue weighted by atomic mass is 16.7. The van der Waals surface area contributed by atoms with Crippen LogP contribution in [0, 0.1) is 0 Å². The Kier molecular flexibility index (Phi) is 4.08. The van der Waals surface area contributed by atoms with Crippen LogP contribution in [0.2, 0.25) is 0 Å². The van der Waals surface area contributed by atoms with Gasteiger partial charge in [-0.2, -0.15) is 5.48 Å². The average molecular weight is 199 g/mol. The van der Waals surface area contributed by atoms with E-state index in [4.69, 9.17) is 4.84 Å². The zero-order chi connectivity index (χ0) is 10.6. The van der Waals surface area contributed by atoms with Crippen LogP contribution in [-0.4, -0.2) is 17.4 Å². The predicted molar refractivity (Wildman–Crippen MR) is 55.9 cm³/mol. The molecule has 0 amide bonds. The molecule has 0 aromatic heterocycles. The van der Waals surface area contributed by atoms with Gasteiger partial charge in [-0.25, -0.2) is 0 Å². The first-order chi connectivity index (χ1) is 6.47. The van der Waals surface area contributed by atoms with Crippen molar-refractivity contribution in [3.63, 3.8) is 0 Å². The van der Waals surface area contributed by atoms with Gasteiger partial charge in [-0.3, -0.25) is 9.63 Å². The van der Waals surface area contributed by atoms with Crippen LogP contribution in [0.3, 0.4) is 0 Å². The quantitative estimate of drug-likeness (QED) is 0.547. The molecule has 1 N–H and O–H groups in total. The predicted octanol–water partition coefficient (Wildman–Crippen LogP) is 2.21. The van der Waals surface area contributed by atoms with E-state index < -0.39 is 0 Å². The van der Waals surface area contributed by atoms with Crippen molar-refractivity contribution in [2.75, 3.05) is 0 Å². The second-order valence-corrected chi connectivity index (χ2v) is 5.00. The second kappa shape index (κ2) is 4.89. The summed E-state index contributed by atoms with van der Waals surface area (Å²) in [5, 5.41) is 0. The van der Waals surface area contributed by atoms with Crippen molar-refractivity contribution >= 4 is 5.78 Å². The summed E-state index contributed by atoms with van der Waals surface area (Å²) in [7, 11) is 0. The lowest BCUT2D eigenvalue weighted by Gasteiger charge is -2.24.